The Morgan fingerprint density at radius 3 is 2.24 bits per heavy atom. The summed E-state index contributed by atoms with van der Waals surface area (Å²) in [5.41, 5.74) is 11.6. The number of nitrogens with two attached hydrogens (primary N) is 2. The molecule has 5 N–H and O–H groups in total. The van der Waals surface area contributed by atoms with Gasteiger partial charge in [-0.15, -0.1) is 0 Å². The highest BCUT2D eigenvalue weighted by Gasteiger charge is 2.38. The first-order valence-corrected chi connectivity index (χ1v) is 17.3. The number of piperidine rings is 2. The Hall–Kier alpha value is -3.30. The molecule has 0 bridgehead atoms. The Balaban J connectivity index is 1.23. The second-order valence-electron chi connectivity index (χ2n) is 13.3. The van der Waals surface area contributed by atoms with E-state index in [0.717, 1.165) is 50.7 Å². The van der Waals surface area contributed by atoms with Gasteiger partial charge in [-0.2, -0.15) is 18.2 Å². The lowest BCUT2D eigenvalue weighted by atomic mass is 9.99. The van der Waals surface area contributed by atoms with Crippen LogP contribution in [0.25, 0.3) is 0 Å². The fourth-order valence-electron chi connectivity index (χ4n) is 6.98. The fourth-order valence-corrected chi connectivity index (χ4v) is 7.23. The summed E-state index contributed by atoms with van der Waals surface area (Å²) < 4.78 is 47.1. The molecule has 2 amide bonds. The van der Waals surface area contributed by atoms with Crippen LogP contribution in [0.3, 0.4) is 0 Å². The van der Waals surface area contributed by atoms with E-state index in [1.54, 1.807) is 4.90 Å². The minimum atomic E-state index is -4.76. The summed E-state index contributed by atoms with van der Waals surface area (Å²) in [6.45, 7) is 5.71. The fraction of sp³-hybridized carbons (Fsp3) is 0.588. The molecule has 3 saturated heterocycles. The van der Waals surface area contributed by atoms with Crippen molar-refractivity contribution in [3.05, 3.63) is 58.1 Å². The Labute approximate surface area is 290 Å². The van der Waals surface area contributed by atoms with Gasteiger partial charge in [-0.1, -0.05) is 29.8 Å². The van der Waals surface area contributed by atoms with Crippen LogP contribution in [0.2, 0.25) is 5.02 Å². The number of carbonyl (C=O) groups is 2. The lowest BCUT2D eigenvalue weighted by Gasteiger charge is -2.42. The molecule has 49 heavy (non-hydrogen) atoms. The number of likely N-dealkylation sites (N-methyl/N-ethyl adjacent to an activating group) is 1. The van der Waals surface area contributed by atoms with E-state index in [9.17, 15) is 28.0 Å². The molecular weight excluding hydrogens is 663 g/mol. The zero-order chi connectivity index (χ0) is 35.3. The van der Waals surface area contributed by atoms with Crippen LogP contribution in [0.5, 0.6) is 0 Å². The van der Waals surface area contributed by atoms with E-state index in [1.165, 1.54) is 16.0 Å². The van der Waals surface area contributed by atoms with Crippen molar-refractivity contribution in [3.8, 4) is 0 Å². The minimum absolute atomic E-state index is 0.0821. The summed E-state index contributed by atoms with van der Waals surface area (Å²) in [7, 11) is 2.10. The van der Waals surface area contributed by atoms with Gasteiger partial charge in [0.2, 0.25) is 0 Å². The Morgan fingerprint density at radius 1 is 0.980 bits per heavy atom. The molecule has 0 unspecified atom stereocenters. The standard InChI is InChI=1S/C34H47ClF3N7O4/c1-41-16-18-42(19-17-41)25-7-11-43(12-8-25)32(46)30(22-23-20-27(34(36,37)38)31(40)28(35)21-23)49-33(47)44-13-9-26(10-14-44)45(48)15-6-24-4-2-3-5-29(24)39/h2-5,20-21,25-26,30,48H,6-19,22,39-40H2,1H3/t30-/m1/s1. The molecule has 11 nitrogen and oxygen atoms in total. The van der Waals surface area contributed by atoms with Gasteiger partial charge in [0.05, 0.1) is 16.3 Å². The molecule has 2 aromatic carbocycles. The van der Waals surface area contributed by atoms with Gasteiger partial charge in [0.25, 0.3) is 5.91 Å². The van der Waals surface area contributed by atoms with Gasteiger partial charge in [-0.25, -0.2) is 4.79 Å². The van der Waals surface area contributed by atoms with Gasteiger partial charge < -0.3 is 36.1 Å². The zero-order valence-electron chi connectivity index (χ0n) is 27.9. The summed E-state index contributed by atoms with van der Waals surface area (Å²) in [4.78, 5) is 35.2. The number of halogens is 4. The molecular formula is C34H47ClF3N7O4. The van der Waals surface area contributed by atoms with Gasteiger partial charge in [0, 0.05) is 83.1 Å². The molecule has 15 heteroatoms. The molecule has 0 aromatic heterocycles. The zero-order valence-corrected chi connectivity index (χ0v) is 28.6. The van der Waals surface area contributed by atoms with Crippen molar-refractivity contribution in [1.82, 2.24) is 24.7 Å². The third-order valence-electron chi connectivity index (χ3n) is 10.1. The number of alkyl halides is 3. The van der Waals surface area contributed by atoms with Crippen LogP contribution in [0.1, 0.15) is 42.4 Å². The first-order chi connectivity index (χ1) is 23.3. The number of para-hydroxylation sites is 1. The van der Waals surface area contributed by atoms with Crippen LogP contribution in [0.4, 0.5) is 29.3 Å². The molecule has 0 spiro atoms. The number of hydroxylamine groups is 2. The first-order valence-electron chi connectivity index (χ1n) is 16.9. The van der Waals surface area contributed by atoms with E-state index >= 15 is 0 Å². The summed E-state index contributed by atoms with van der Waals surface area (Å²) in [6.07, 6.45) is -4.14. The van der Waals surface area contributed by atoms with Crippen LogP contribution in [0.15, 0.2) is 36.4 Å². The maximum absolute atomic E-state index is 13.9. The third-order valence-corrected chi connectivity index (χ3v) is 10.4. The number of nitrogen functional groups attached to an aromatic ring is 2. The maximum Gasteiger partial charge on any atom is 0.418 e. The van der Waals surface area contributed by atoms with Crippen LogP contribution >= 0.6 is 11.6 Å². The normalized spacial score (nSPS) is 19.7. The van der Waals surface area contributed by atoms with Crippen molar-refractivity contribution in [3.63, 3.8) is 0 Å². The number of carbonyl (C=O) groups excluding carboxylic acids is 2. The molecule has 3 aliphatic heterocycles. The number of benzene rings is 2. The lowest BCUT2D eigenvalue weighted by molar-refractivity contribution is -0.144. The second kappa shape index (κ2) is 16.2. The van der Waals surface area contributed by atoms with Gasteiger partial charge in [-0.05, 0) is 68.5 Å². The number of amides is 2. The molecule has 270 valence electrons. The van der Waals surface area contributed by atoms with Crippen molar-refractivity contribution in [2.75, 3.05) is 77.4 Å². The van der Waals surface area contributed by atoms with Crippen LogP contribution in [-0.2, 0) is 28.5 Å². The molecule has 3 fully saturated rings. The number of hydrogen-bond donors (Lipinski definition) is 3. The SMILES string of the molecule is CN1CCN(C2CCN(C(=O)[C@@H](Cc3cc(Cl)c(N)c(C(F)(F)F)c3)OC(=O)N3CCC(N(O)CCc4ccccc4N)CC3)CC2)CC1. The highest BCUT2D eigenvalue weighted by molar-refractivity contribution is 6.33. The maximum atomic E-state index is 13.9. The number of nitrogens with zero attached hydrogens (tertiary/aromatic N) is 5. The minimum Gasteiger partial charge on any atom is -0.436 e. The van der Waals surface area contributed by atoms with Crippen molar-refractivity contribution >= 4 is 35.0 Å². The van der Waals surface area contributed by atoms with Gasteiger partial charge in [0.15, 0.2) is 6.10 Å². The predicted molar refractivity (Wildman–Crippen MR) is 181 cm³/mol. The van der Waals surface area contributed by atoms with E-state index in [2.05, 4.69) is 16.8 Å². The Kier molecular flexibility index (Phi) is 12.2. The molecule has 1 atom stereocenters. The third kappa shape index (κ3) is 9.48. The first kappa shape index (κ1) is 37.0. The number of anilines is 2. The van der Waals surface area contributed by atoms with Crippen molar-refractivity contribution < 1.29 is 32.7 Å². The molecule has 3 aliphatic rings. The highest BCUT2D eigenvalue weighted by Crippen LogP contribution is 2.38. The van der Waals surface area contributed by atoms with Gasteiger partial charge in [0.1, 0.15) is 0 Å². The molecule has 0 radical (unpaired) electrons. The molecule has 0 aliphatic carbocycles. The average molecular weight is 710 g/mol. The van der Waals surface area contributed by atoms with E-state index in [1.807, 2.05) is 24.3 Å². The van der Waals surface area contributed by atoms with Gasteiger partial charge >= 0.3 is 12.3 Å². The summed E-state index contributed by atoms with van der Waals surface area (Å²) >= 11 is 6.09. The van der Waals surface area contributed by atoms with Crippen LogP contribution < -0.4 is 11.5 Å². The van der Waals surface area contributed by atoms with Crippen LogP contribution in [-0.4, -0.2) is 126 Å². The van der Waals surface area contributed by atoms with Crippen molar-refractivity contribution in [2.45, 2.75) is 62.9 Å². The number of ether oxygens (including phenoxy) is 1. The van der Waals surface area contributed by atoms with E-state index in [0.29, 0.717) is 50.6 Å². The van der Waals surface area contributed by atoms with Gasteiger partial charge in [-0.3, -0.25) is 9.69 Å². The topological polar surface area (TPSA) is 132 Å². The van der Waals surface area contributed by atoms with Crippen LogP contribution in [0, 0.1) is 0 Å². The molecule has 5 rings (SSSR count). The van der Waals surface area contributed by atoms with E-state index in [-0.39, 0.29) is 36.1 Å². The number of rotatable bonds is 9. The predicted octanol–water partition coefficient (Wildman–Crippen LogP) is 4.21. The van der Waals surface area contributed by atoms with E-state index < -0.39 is 35.5 Å². The number of hydrogen-bond acceptors (Lipinski definition) is 9. The average Bonchev–Trinajstić information content (AvgIpc) is 3.08. The Bertz CT molecular complexity index is 1440. The lowest BCUT2D eigenvalue weighted by Crippen LogP contribution is -2.54. The smallest absolute Gasteiger partial charge is 0.418 e. The highest BCUT2D eigenvalue weighted by atomic mass is 35.5. The quantitative estimate of drug-likeness (QED) is 0.259. The largest absolute Gasteiger partial charge is 0.436 e. The molecule has 3 heterocycles. The number of piperazine rings is 1. The summed E-state index contributed by atoms with van der Waals surface area (Å²) in [5.74, 6) is -0.455. The molecule has 2 aromatic rings. The van der Waals surface area contributed by atoms with E-state index in [4.69, 9.17) is 27.8 Å². The summed E-state index contributed by atoms with van der Waals surface area (Å²) in [5, 5.41) is 11.7. The number of likely N-dealkylation sites (tertiary alicyclic amines) is 2. The second-order valence-corrected chi connectivity index (χ2v) is 13.7. The summed E-state index contributed by atoms with van der Waals surface area (Å²) in [6, 6.07) is 9.76. The van der Waals surface area contributed by atoms with Crippen molar-refractivity contribution in [2.24, 2.45) is 0 Å². The Morgan fingerprint density at radius 2 is 1.61 bits per heavy atom. The molecule has 0 saturated carbocycles. The van der Waals surface area contributed by atoms with Crippen molar-refractivity contribution in [1.29, 1.82) is 0 Å². The monoisotopic (exact) mass is 709 g/mol.